The van der Waals surface area contributed by atoms with Gasteiger partial charge >= 0.3 is 0 Å². The SMILES string of the molecule is C/C=C/C=C/C(=O)NCCCNC. The number of rotatable bonds is 6. The third-order valence-corrected chi connectivity index (χ3v) is 1.45. The van der Waals surface area contributed by atoms with Gasteiger partial charge in [-0.15, -0.1) is 0 Å². The average Bonchev–Trinajstić information content (AvgIpc) is 2.13. The van der Waals surface area contributed by atoms with Crippen LogP contribution in [0.15, 0.2) is 24.3 Å². The highest BCUT2D eigenvalue weighted by Crippen LogP contribution is 1.78. The third-order valence-electron chi connectivity index (χ3n) is 1.45. The zero-order valence-electron chi connectivity index (χ0n) is 8.34. The van der Waals surface area contributed by atoms with Crippen molar-refractivity contribution in [3.05, 3.63) is 24.3 Å². The average molecular weight is 182 g/mol. The highest BCUT2D eigenvalue weighted by molar-refractivity contribution is 5.87. The fourth-order valence-corrected chi connectivity index (χ4v) is 0.790. The van der Waals surface area contributed by atoms with E-state index in [4.69, 9.17) is 0 Å². The van der Waals surface area contributed by atoms with Crippen molar-refractivity contribution in [2.24, 2.45) is 0 Å². The predicted octanol–water partition coefficient (Wildman–Crippen LogP) is 0.844. The number of hydrogen-bond donors (Lipinski definition) is 2. The summed E-state index contributed by atoms with van der Waals surface area (Å²) >= 11 is 0. The minimum atomic E-state index is -0.0331. The van der Waals surface area contributed by atoms with Crippen LogP contribution < -0.4 is 10.6 Å². The minimum Gasteiger partial charge on any atom is -0.353 e. The maximum atomic E-state index is 11.0. The number of hydrogen-bond acceptors (Lipinski definition) is 2. The molecule has 0 aromatic carbocycles. The van der Waals surface area contributed by atoms with Gasteiger partial charge < -0.3 is 10.6 Å². The summed E-state index contributed by atoms with van der Waals surface area (Å²) in [5.41, 5.74) is 0. The van der Waals surface area contributed by atoms with Crippen LogP contribution >= 0.6 is 0 Å². The number of nitrogens with one attached hydrogen (secondary N) is 2. The molecule has 0 saturated heterocycles. The molecule has 0 atom stereocenters. The van der Waals surface area contributed by atoms with E-state index in [-0.39, 0.29) is 5.91 Å². The summed E-state index contributed by atoms with van der Waals surface area (Å²) in [6.07, 6.45) is 7.92. The van der Waals surface area contributed by atoms with E-state index in [1.54, 1.807) is 6.08 Å². The smallest absolute Gasteiger partial charge is 0.243 e. The molecule has 3 heteroatoms. The topological polar surface area (TPSA) is 41.1 Å². The molecular weight excluding hydrogens is 164 g/mol. The van der Waals surface area contributed by atoms with Crippen molar-refractivity contribution in [1.82, 2.24) is 10.6 Å². The summed E-state index contributed by atoms with van der Waals surface area (Å²) in [7, 11) is 1.90. The van der Waals surface area contributed by atoms with Crippen molar-refractivity contribution in [3.8, 4) is 0 Å². The molecule has 0 aromatic heterocycles. The van der Waals surface area contributed by atoms with Gasteiger partial charge in [0.15, 0.2) is 0 Å². The van der Waals surface area contributed by atoms with Gasteiger partial charge in [0, 0.05) is 12.6 Å². The molecule has 1 amide bonds. The lowest BCUT2D eigenvalue weighted by Crippen LogP contribution is -2.24. The zero-order chi connectivity index (χ0) is 9.94. The first kappa shape index (κ1) is 11.9. The number of carbonyl (C=O) groups excluding carboxylic acids is 1. The first-order valence-electron chi connectivity index (χ1n) is 4.53. The van der Waals surface area contributed by atoms with Crippen LogP contribution in [-0.4, -0.2) is 26.0 Å². The summed E-state index contributed by atoms with van der Waals surface area (Å²) in [6.45, 7) is 3.56. The van der Waals surface area contributed by atoms with E-state index < -0.39 is 0 Å². The second kappa shape index (κ2) is 9.00. The van der Waals surface area contributed by atoms with Crippen molar-refractivity contribution in [1.29, 1.82) is 0 Å². The van der Waals surface area contributed by atoms with E-state index in [1.165, 1.54) is 6.08 Å². The second-order valence-corrected chi connectivity index (χ2v) is 2.63. The van der Waals surface area contributed by atoms with Crippen LogP contribution in [0, 0.1) is 0 Å². The Labute approximate surface area is 79.9 Å². The molecule has 0 saturated carbocycles. The molecule has 0 rings (SSSR count). The molecule has 74 valence electrons. The second-order valence-electron chi connectivity index (χ2n) is 2.63. The molecule has 0 unspecified atom stereocenters. The van der Waals surface area contributed by atoms with Gasteiger partial charge in [0.2, 0.25) is 5.91 Å². The molecular formula is C10H18N2O. The van der Waals surface area contributed by atoms with Gasteiger partial charge in [-0.05, 0) is 26.9 Å². The quantitative estimate of drug-likeness (QED) is 0.363. The van der Waals surface area contributed by atoms with Crippen molar-refractivity contribution in [2.45, 2.75) is 13.3 Å². The molecule has 0 fully saturated rings. The van der Waals surface area contributed by atoms with Crippen LogP contribution in [0.1, 0.15) is 13.3 Å². The molecule has 0 radical (unpaired) electrons. The Morgan fingerprint density at radius 3 is 2.69 bits per heavy atom. The van der Waals surface area contributed by atoms with Crippen molar-refractivity contribution < 1.29 is 4.79 Å². The normalized spacial score (nSPS) is 11.2. The van der Waals surface area contributed by atoms with Crippen molar-refractivity contribution >= 4 is 5.91 Å². The van der Waals surface area contributed by atoms with E-state index in [0.29, 0.717) is 0 Å². The Bertz CT molecular complexity index is 185. The molecule has 2 N–H and O–H groups in total. The molecule has 3 nitrogen and oxygen atoms in total. The number of allylic oxidation sites excluding steroid dienone is 3. The number of carbonyl (C=O) groups is 1. The number of amides is 1. The first-order chi connectivity index (χ1) is 6.31. The lowest BCUT2D eigenvalue weighted by atomic mass is 10.4. The van der Waals surface area contributed by atoms with Crippen LogP contribution in [0.4, 0.5) is 0 Å². The maximum absolute atomic E-state index is 11.0. The fourth-order valence-electron chi connectivity index (χ4n) is 0.790. The molecule has 0 aliphatic heterocycles. The predicted molar refractivity (Wildman–Crippen MR) is 55.5 cm³/mol. The maximum Gasteiger partial charge on any atom is 0.243 e. The Morgan fingerprint density at radius 1 is 1.31 bits per heavy atom. The van der Waals surface area contributed by atoms with Gasteiger partial charge in [-0.3, -0.25) is 4.79 Å². The van der Waals surface area contributed by atoms with Crippen molar-refractivity contribution in [3.63, 3.8) is 0 Å². The van der Waals surface area contributed by atoms with Crippen LogP contribution in [0.2, 0.25) is 0 Å². The molecule has 0 heterocycles. The van der Waals surface area contributed by atoms with Crippen LogP contribution in [0.3, 0.4) is 0 Å². The van der Waals surface area contributed by atoms with E-state index in [2.05, 4.69) is 10.6 Å². The summed E-state index contributed by atoms with van der Waals surface area (Å²) in [4.78, 5) is 11.0. The van der Waals surface area contributed by atoms with Gasteiger partial charge in [-0.2, -0.15) is 0 Å². The molecule has 0 spiro atoms. The largest absolute Gasteiger partial charge is 0.353 e. The Morgan fingerprint density at radius 2 is 2.08 bits per heavy atom. The van der Waals surface area contributed by atoms with Crippen LogP contribution in [0.25, 0.3) is 0 Å². The summed E-state index contributed by atoms with van der Waals surface area (Å²) in [6, 6.07) is 0. The lowest BCUT2D eigenvalue weighted by molar-refractivity contribution is -0.116. The first-order valence-corrected chi connectivity index (χ1v) is 4.53. The summed E-state index contributed by atoms with van der Waals surface area (Å²) < 4.78 is 0. The molecule has 0 aromatic rings. The van der Waals surface area contributed by atoms with E-state index in [1.807, 2.05) is 26.1 Å². The fraction of sp³-hybridized carbons (Fsp3) is 0.500. The summed E-state index contributed by atoms with van der Waals surface area (Å²) in [5, 5.41) is 5.79. The van der Waals surface area contributed by atoms with E-state index >= 15 is 0 Å². The van der Waals surface area contributed by atoms with Gasteiger partial charge in [0.25, 0.3) is 0 Å². The van der Waals surface area contributed by atoms with Crippen LogP contribution in [0.5, 0.6) is 0 Å². The van der Waals surface area contributed by atoms with Gasteiger partial charge in [0.1, 0.15) is 0 Å². The third kappa shape index (κ3) is 8.82. The highest BCUT2D eigenvalue weighted by atomic mass is 16.1. The molecule has 0 bridgehead atoms. The Kier molecular flexibility index (Phi) is 8.25. The van der Waals surface area contributed by atoms with Gasteiger partial charge in [-0.25, -0.2) is 0 Å². The standard InChI is InChI=1S/C10H18N2O/c1-3-4-5-7-10(13)12-9-6-8-11-2/h3-5,7,11H,6,8-9H2,1-2H3,(H,12,13)/b4-3+,7-5+. The molecule has 0 aliphatic carbocycles. The van der Waals surface area contributed by atoms with Crippen LogP contribution in [-0.2, 0) is 4.79 Å². The van der Waals surface area contributed by atoms with E-state index in [0.717, 1.165) is 19.5 Å². The molecule has 13 heavy (non-hydrogen) atoms. The van der Waals surface area contributed by atoms with E-state index in [9.17, 15) is 4.79 Å². The van der Waals surface area contributed by atoms with Gasteiger partial charge in [-0.1, -0.05) is 18.2 Å². The monoisotopic (exact) mass is 182 g/mol. The minimum absolute atomic E-state index is 0.0331. The zero-order valence-corrected chi connectivity index (χ0v) is 8.34. The Hall–Kier alpha value is -1.09. The summed E-state index contributed by atoms with van der Waals surface area (Å²) in [5.74, 6) is -0.0331. The van der Waals surface area contributed by atoms with Crippen molar-refractivity contribution in [2.75, 3.05) is 20.1 Å². The lowest BCUT2D eigenvalue weighted by Gasteiger charge is -2.00. The highest BCUT2D eigenvalue weighted by Gasteiger charge is 1.91. The molecule has 0 aliphatic rings. The Balaban J connectivity index is 3.40. The van der Waals surface area contributed by atoms with Gasteiger partial charge in [0.05, 0.1) is 0 Å².